The van der Waals surface area contributed by atoms with E-state index < -0.39 is 17.9 Å². The molecule has 0 heterocycles. The summed E-state index contributed by atoms with van der Waals surface area (Å²) >= 11 is 9.22. The van der Waals surface area contributed by atoms with Crippen molar-refractivity contribution in [2.45, 2.75) is 38.1 Å². The van der Waals surface area contributed by atoms with E-state index in [1.54, 1.807) is 12.1 Å². The van der Waals surface area contributed by atoms with Crippen molar-refractivity contribution in [3.8, 4) is 0 Å². The maximum absolute atomic E-state index is 12.2. The fourth-order valence-corrected chi connectivity index (χ4v) is 3.14. The molecule has 2 rings (SSSR count). The van der Waals surface area contributed by atoms with E-state index in [0.717, 1.165) is 32.1 Å². The van der Waals surface area contributed by atoms with Crippen molar-refractivity contribution in [2.75, 3.05) is 0 Å². The lowest BCUT2D eigenvalue weighted by Crippen LogP contribution is -2.46. The highest BCUT2D eigenvalue weighted by molar-refractivity contribution is 9.10. The molecular weight excluding hydrogens is 358 g/mol. The van der Waals surface area contributed by atoms with Crippen LogP contribution in [0.2, 0.25) is 5.02 Å². The molecular formula is C15H17BrClNO3. The summed E-state index contributed by atoms with van der Waals surface area (Å²) in [6, 6.07) is 3.99. The van der Waals surface area contributed by atoms with Gasteiger partial charge in [-0.1, -0.05) is 30.9 Å². The first-order chi connectivity index (χ1) is 9.99. The van der Waals surface area contributed by atoms with Crippen molar-refractivity contribution in [3.63, 3.8) is 0 Å². The third kappa shape index (κ3) is 4.20. The molecule has 0 aliphatic heterocycles. The molecule has 1 atom stereocenters. The lowest BCUT2D eigenvalue weighted by atomic mass is 9.84. The zero-order valence-corrected chi connectivity index (χ0v) is 13.8. The van der Waals surface area contributed by atoms with E-state index in [4.69, 9.17) is 11.6 Å². The van der Waals surface area contributed by atoms with Crippen LogP contribution in [0.1, 0.15) is 42.5 Å². The number of carboxylic acid groups (broad SMARTS) is 1. The van der Waals surface area contributed by atoms with Crippen molar-refractivity contribution in [1.82, 2.24) is 5.32 Å². The first-order valence-electron chi connectivity index (χ1n) is 6.98. The van der Waals surface area contributed by atoms with E-state index >= 15 is 0 Å². The zero-order chi connectivity index (χ0) is 15.4. The molecule has 0 radical (unpaired) electrons. The van der Waals surface area contributed by atoms with Crippen molar-refractivity contribution >= 4 is 39.4 Å². The molecule has 4 nitrogen and oxygen atoms in total. The van der Waals surface area contributed by atoms with Crippen molar-refractivity contribution in [3.05, 3.63) is 33.3 Å². The summed E-state index contributed by atoms with van der Waals surface area (Å²) in [6.45, 7) is 0. The first-order valence-corrected chi connectivity index (χ1v) is 8.15. The topological polar surface area (TPSA) is 66.4 Å². The van der Waals surface area contributed by atoms with Crippen molar-refractivity contribution < 1.29 is 14.7 Å². The molecule has 1 unspecified atom stereocenters. The molecule has 0 saturated heterocycles. The Morgan fingerprint density at radius 1 is 1.29 bits per heavy atom. The average Bonchev–Trinajstić information content (AvgIpc) is 2.48. The Kier molecular flexibility index (Phi) is 5.65. The zero-order valence-electron chi connectivity index (χ0n) is 11.4. The van der Waals surface area contributed by atoms with Gasteiger partial charge in [0.2, 0.25) is 0 Å². The highest BCUT2D eigenvalue weighted by Crippen LogP contribution is 2.27. The van der Waals surface area contributed by atoms with Gasteiger partial charge < -0.3 is 10.4 Å². The molecule has 1 saturated carbocycles. The molecule has 1 aromatic carbocycles. The van der Waals surface area contributed by atoms with Crippen molar-refractivity contribution in [1.29, 1.82) is 0 Å². The summed E-state index contributed by atoms with van der Waals surface area (Å²) in [6.07, 6.45) is 4.87. The lowest BCUT2D eigenvalue weighted by Gasteiger charge is -2.28. The normalized spacial score (nSPS) is 17.2. The first kappa shape index (κ1) is 16.3. The number of benzene rings is 1. The van der Waals surface area contributed by atoms with E-state index in [0.29, 0.717) is 15.1 Å². The number of rotatable bonds is 4. The van der Waals surface area contributed by atoms with Crippen LogP contribution in [0.3, 0.4) is 0 Å². The van der Waals surface area contributed by atoms with Crippen LogP contribution < -0.4 is 5.32 Å². The van der Waals surface area contributed by atoms with Gasteiger partial charge in [0, 0.05) is 10.0 Å². The number of carbonyl (C=O) groups excluding carboxylic acids is 1. The number of nitrogens with one attached hydrogen (secondary N) is 1. The number of hydrogen-bond donors (Lipinski definition) is 2. The van der Waals surface area contributed by atoms with Crippen LogP contribution in [0.5, 0.6) is 0 Å². The smallest absolute Gasteiger partial charge is 0.326 e. The van der Waals surface area contributed by atoms with Gasteiger partial charge >= 0.3 is 5.97 Å². The minimum atomic E-state index is -0.974. The highest BCUT2D eigenvalue weighted by Gasteiger charge is 2.30. The summed E-state index contributed by atoms with van der Waals surface area (Å²) < 4.78 is 0.697. The standard InChI is InChI=1S/C15H17BrClNO3/c16-11-7-6-10(8-12(11)17)14(19)18-13(15(20)21)9-4-2-1-3-5-9/h6-9,13H,1-5H2,(H,18,19)(H,20,21). The summed E-state index contributed by atoms with van der Waals surface area (Å²) in [5, 5.41) is 12.4. The van der Waals surface area contributed by atoms with E-state index in [1.807, 2.05) is 0 Å². The monoisotopic (exact) mass is 373 g/mol. The van der Waals surface area contributed by atoms with Crippen LogP contribution in [0.4, 0.5) is 0 Å². The number of aliphatic carboxylic acids is 1. The van der Waals surface area contributed by atoms with Crippen LogP contribution in [0.25, 0.3) is 0 Å². The van der Waals surface area contributed by atoms with E-state index in [2.05, 4.69) is 21.2 Å². The summed E-state index contributed by atoms with van der Waals surface area (Å²) in [4.78, 5) is 23.7. The Labute approximate surface area is 137 Å². The Bertz CT molecular complexity index is 544. The van der Waals surface area contributed by atoms with Crippen molar-refractivity contribution in [2.24, 2.45) is 5.92 Å². The number of carbonyl (C=O) groups is 2. The Balaban J connectivity index is 2.10. The van der Waals surface area contributed by atoms with Crippen LogP contribution in [-0.2, 0) is 4.79 Å². The fraction of sp³-hybridized carbons (Fsp3) is 0.467. The molecule has 1 amide bonds. The van der Waals surface area contributed by atoms with Gasteiger partial charge in [0.15, 0.2) is 0 Å². The second-order valence-corrected chi connectivity index (χ2v) is 6.58. The number of halogens is 2. The molecule has 21 heavy (non-hydrogen) atoms. The van der Waals surface area contributed by atoms with Gasteiger partial charge in [-0.25, -0.2) is 4.79 Å². The molecule has 0 spiro atoms. The fourth-order valence-electron chi connectivity index (χ4n) is 2.71. The molecule has 1 aliphatic rings. The maximum atomic E-state index is 12.2. The van der Waals surface area contributed by atoms with Crippen LogP contribution in [-0.4, -0.2) is 23.0 Å². The predicted molar refractivity (Wildman–Crippen MR) is 84.6 cm³/mol. The lowest BCUT2D eigenvalue weighted by molar-refractivity contribution is -0.141. The van der Waals surface area contributed by atoms with Gasteiger partial charge in [-0.2, -0.15) is 0 Å². The average molecular weight is 375 g/mol. The largest absolute Gasteiger partial charge is 0.480 e. The van der Waals surface area contributed by atoms with E-state index in [-0.39, 0.29) is 5.92 Å². The minimum absolute atomic E-state index is 0.00567. The molecule has 2 N–H and O–H groups in total. The van der Waals surface area contributed by atoms with Gasteiger partial charge in [0.05, 0.1) is 5.02 Å². The number of carboxylic acids is 1. The molecule has 1 aliphatic carbocycles. The molecule has 0 bridgehead atoms. The third-order valence-electron chi connectivity index (χ3n) is 3.86. The van der Waals surface area contributed by atoms with Crippen LogP contribution in [0, 0.1) is 5.92 Å². The Morgan fingerprint density at radius 2 is 1.95 bits per heavy atom. The molecule has 6 heteroatoms. The number of hydrogen-bond acceptors (Lipinski definition) is 2. The van der Waals surface area contributed by atoms with E-state index in [1.165, 1.54) is 6.07 Å². The molecule has 0 aromatic heterocycles. The minimum Gasteiger partial charge on any atom is -0.480 e. The predicted octanol–water partition coefficient (Wildman–Crippen LogP) is 3.87. The molecule has 1 fully saturated rings. The van der Waals surface area contributed by atoms with Crippen LogP contribution >= 0.6 is 27.5 Å². The summed E-state index contributed by atoms with van der Waals surface area (Å²) in [5.41, 5.74) is 0.366. The third-order valence-corrected chi connectivity index (χ3v) is 5.09. The second kappa shape index (κ2) is 7.27. The molecule has 114 valence electrons. The molecule has 1 aromatic rings. The maximum Gasteiger partial charge on any atom is 0.326 e. The summed E-state index contributed by atoms with van der Waals surface area (Å²) in [5.74, 6) is -1.37. The van der Waals surface area contributed by atoms with Crippen LogP contribution in [0.15, 0.2) is 22.7 Å². The van der Waals surface area contributed by atoms with Gasteiger partial charge in [-0.3, -0.25) is 4.79 Å². The SMILES string of the molecule is O=C(NC(C(=O)O)C1CCCCC1)c1ccc(Br)c(Cl)c1. The number of amides is 1. The van der Waals surface area contributed by atoms with Gasteiger partial charge in [0.1, 0.15) is 6.04 Å². The Morgan fingerprint density at radius 3 is 2.52 bits per heavy atom. The van der Waals surface area contributed by atoms with Gasteiger partial charge in [-0.15, -0.1) is 0 Å². The van der Waals surface area contributed by atoms with E-state index in [9.17, 15) is 14.7 Å². The summed E-state index contributed by atoms with van der Waals surface area (Å²) in [7, 11) is 0. The van der Waals surface area contributed by atoms with Gasteiger partial charge in [0.25, 0.3) is 5.91 Å². The van der Waals surface area contributed by atoms with Gasteiger partial charge in [-0.05, 0) is 52.9 Å². The highest BCUT2D eigenvalue weighted by atomic mass is 79.9. The quantitative estimate of drug-likeness (QED) is 0.841. The Hall–Kier alpha value is -1.07. The second-order valence-electron chi connectivity index (χ2n) is 5.32.